The van der Waals surface area contributed by atoms with Gasteiger partial charge in [-0.3, -0.25) is 0 Å². The average molecular weight is 367 g/mol. The van der Waals surface area contributed by atoms with Gasteiger partial charge in [0, 0.05) is 25.2 Å². The van der Waals surface area contributed by atoms with Gasteiger partial charge in [-0.25, -0.2) is 0 Å². The first-order valence-electron chi connectivity index (χ1n) is 12.0. The molecule has 0 amide bonds. The molecule has 2 heteroatoms. The highest BCUT2D eigenvalue weighted by atomic mass is 15.2. The molecule has 0 aromatic rings. The largest absolute Gasteiger partial charge is 0.303 e. The van der Waals surface area contributed by atoms with Gasteiger partial charge in [0.25, 0.3) is 0 Å². The Balaban J connectivity index is 2.35. The van der Waals surface area contributed by atoms with Crippen LogP contribution in [0.5, 0.6) is 0 Å². The van der Waals surface area contributed by atoms with Crippen molar-refractivity contribution in [1.82, 2.24) is 9.80 Å². The van der Waals surface area contributed by atoms with Crippen LogP contribution in [0.1, 0.15) is 105 Å². The average Bonchev–Trinajstić information content (AvgIpc) is 2.67. The molecular weight excluding hydrogens is 316 g/mol. The summed E-state index contributed by atoms with van der Waals surface area (Å²) in [5, 5.41) is 0. The maximum Gasteiger partial charge on any atom is 0.00934 e. The lowest BCUT2D eigenvalue weighted by molar-refractivity contribution is 0.102. The molecular formula is C24H50N2. The van der Waals surface area contributed by atoms with Gasteiger partial charge in [0.15, 0.2) is 0 Å². The minimum Gasteiger partial charge on any atom is -0.303 e. The van der Waals surface area contributed by atoms with Crippen molar-refractivity contribution in [2.45, 2.75) is 117 Å². The molecule has 2 nitrogen and oxygen atoms in total. The van der Waals surface area contributed by atoms with Crippen LogP contribution in [-0.2, 0) is 0 Å². The number of hydrogen-bond donors (Lipinski definition) is 0. The van der Waals surface area contributed by atoms with Gasteiger partial charge in [0.1, 0.15) is 0 Å². The van der Waals surface area contributed by atoms with Crippen LogP contribution < -0.4 is 0 Å². The summed E-state index contributed by atoms with van der Waals surface area (Å²) < 4.78 is 0. The maximum atomic E-state index is 2.70. The Bertz CT molecular complexity index is 290. The lowest BCUT2D eigenvalue weighted by Gasteiger charge is -2.40. The molecule has 0 spiro atoms. The molecule has 1 fully saturated rings. The van der Waals surface area contributed by atoms with E-state index in [1.54, 1.807) is 0 Å². The van der Waals surface area contributed by atoms with Crippen molar-refractivity contribution < 1.29 is 0 Å². The summed E-state index contributed by atoms with van der Waals surface area (Å²) in [7, 11) is 4.78. The molecule has 156 valence electrons. The highest BCUT2D eigenvalue weighted by Gasteiger charge is 2.27. The third-order valence-electron chi connectivity index (χ3n) is 7.09. The third kappa shape index (κ3) is 8.74. The molecule has 0 N–H and O–H groups in total. The van der Waals surface area contributed by atoms with Crippen LogP contribution in [0.3, 0.4) is 0 Å². The minimum atomic E-state index is 0.831. The van der Waals surface area contributed by atoms with Crippen molar-refractivity contribution in [1.29, 1.82) is 0 Å². The number of hydrogen-bond acceptors (Lipinski definition) is 2. The highest BCUT2D eigenvalue weighted by molar-refractivity contribution is 4.84. The molecule has 2 atom stereocenters. The molecule has 1 aliphatic rings. The van der Waals surface area contributed by atoms with E-state index < -0.39 is 0 Å². The molecule has 1 aliphatic carbocycles. The fourth-order valence-electron chi connectivity index (χ4n) is 4.89. The summed E-state index contributed by atoms with van der Waals surface area (Å²) in [5.41, 5.74) is 0. The van der Waals surface area contributed by atoms with Crippen molar-refractivity contribution in [2.75, 3.05) is 27.2 Å². The highest BCUT2D eigenvalue weighted by Crippen LogP contribution is 2.28. The monoisotopic (exact) mass is 366 g/mol. The van der Waals surface area contributed by atoms with Crippen molar-refractivity contribution >= 4 is 0 Å². The van der Waals surface area contributed by atoms with Crippen molar-refractivity contribution in [3.05, 3.63) is 0 Å². The Labute approximate surface area is 166 Å². The quantitative estimate of drug-likeness (QED) is 0.342. The molecule has 0 radical (unpaired) electrons. The molecule has 1 saturated carbocycles. The van der Waals surface area contributed by atoms with E-state index in [0.717, 1.165) is 23.9 Å². The van der Waals surface area contributed by atoms with Gasteiger partial charge in [-0.1, -0.05) is 66.2 Å². The molecule has 0 aromatic carbocycles. The summed E-state index contributed by atoms with van der Waals surface area (Å²) in [6.45, 7) is 12.0. The fourth-order valence-corrected chi connectivity index (χ4v) is 4.89. The second-order valence-corrected chi connectivity index (χ2v) is 9.17. The van der Waals surface area contributed by atoms with Gasteiger partial charge in [-0.15, -0.1) is 0 Å². The van der Waals surface area contributed by atoms with E-state index in [4.69, 9.17) is 0 Å². The van der Waals surface area contributed by atoms with E-state index in [1.807, 2.05) is 0 Å². The number of unbranched alkanes of at least 4 members (excludes halogenated alkanes) is 2. The molecule has 0 heterocycles. The van der Waals surface area contributed by atoms with Crippen LogP contribution in [0.15, 0.2) is 0 Å². The summed E-state index contributed by atoms with van der Waals surface area (Å²) >= 11 is 0. The normalized spacial score (nSPS) is 23.5. The lowest BCUT2D eigenvalue weighted by Crippen LogP contribution is -2.44. The van der Waals surface area contributed by atoms with Crippen LogP contribution in [0.25, 0.3) is 0 Å². The second kappa shape index (κ2) is 14.0. The van der Waals surface area contributed by atoms with Gasteiger partial charge >= 0.3 is 0 Å². The second-order valence-electron chi connectivity index (χ2n) is 9.17. The van der Waals surface area contributed by atoms with E-state index in [9.17, 15) is 0 Å². The first kappa shape index (κ1) is 24.0. The molecule has 26 heavy (non-hydrogen) atoms. The fraction of sp³-hybridized carbons (Fsp3) is 1.00. The van der Waals surface area contributed by atoms with Crippen LogP contribution in [0.2, 0.25) is 0 Å². The molecule has 0 aromatic heterocycles. The first-order chi connectivity index (χ1) is 12.5. The van der Waals surface area contributed by atoms with Gasteiger partial charge in [-0.05, 0) is 64.5 Å². The van der Waals surface area contributed by atoms with E-state index >= 15 is 0 Å². The zero-order chi connectivity index (χ0) is 19.4. The molecule has 1 rings (SSSR count). The summed E-state index contributed by atoms with van der Waals surface area (Å²) in [4.78, 5) is 5.41. The van der Waals surface area contributed by atoms with Crippen molar-refractivity contribution in [2.24, 2.45) is 11.8 Å². The van der Waals surface area contributed by atoms with Crippen LogP contribution in [-0.4, -0.2) is 49.1 Å². The predicted molar refractivity (Wildman–Crippen MR) is 118 cm³/mol. The van der Waals surface area contributed by atoms with Crippen molar-refractivity contribution in [3.8, 4) is 0 Å². The standard InChI is InChI=1S/C24H50N2/c1-7-11-13-21(9-3)19-25(5)23-15-17-24(18-16-23)26(6)20-22(10-4)14-12-8-2/h21-24H,7-20H2,1-6H3. The number of nitrogens with zero attached hydrogens (tertiary/aromatic N) is 2. The zero-order valence-corrected chi connectivity index (χ0v) is 19.1. The summed E-state index contributed by atoms with van der Waals surface area (Å²) in [6.07, 6.45) is 16.6. The smallest absolute Gasteiger partial charge is 0.00934 e. The van der Waals surface area contributed by atoms with Crippen LogP contribution >= 0.6 is 0 Å². The predicted octanol–water partition coefficient (Wildman–Crippen LogP) is 6.59. The molecule has 0 saturated heterocycles. The molecule has 2 unspecified atom stereocenters. The van der Waals surface area contributed by atoms with Gasteiger partial charge < -0.3 is 9.80 Å². The third-order valence-corrected chi connectivity index (χ3v) is 7.09. The minimum absolute atomic E-state index is 0.831. The molecule has 0 aliphatic heterocycles. The maximum absolute atomic E-state index is 2.70. The Morgan fingerprint density at radius 1 is 0.654 bits per heavy atom. The number of rotatable bonds is 14. The lowest BCUT2D eigenvalue weighted by atomic mass is 9.88. The van der Waals surface area contributed by atoms with Crippen molar-refractivity contribution in [3.63, 3.8) is 0 Å². The van der Waals surface area contributed by atoms with E-state index in [0.29, 0.717) is 0 Å². The Kier molecular flexibility index (Phi) is 12.9. The Morgan fingerprint density at radius 3 is 1.27 bits per heavy atom. The topological polar surface area (TPSA) is 6.48 Å². The van der Waals surface area contributed by atoms with E-state index in [-0.39, 0.29) is 0 Å². The van der Waals surface area contributed by atoms with E-state index in [1.165, 1.54) is 90.1 Å². The van der Waals surface area contributed by atoms with E-state index in [2.05, 4.69) is 51.6 Å². The Morgan fingerprint density at radius 2 is 1.00 bits per heavy atom. The van der Waals surface area contributed by atoms with Gasteiger partial charge in [0.2, 0.25) is 0 Å². The zero-order valence-electron chi connectivity index (χ0n) is 19.1. The van der Waals surface area contributed by atoms with Gasteiger partial charge in [0.05, 0.1) is 0 Å². The molecule has 0 bridgehead atoms. The van der Waals surface area contributed by atoms with Crippen LogP contribution in [0, 0.1) is 11.8 Å². The summed E-state index contributed by atoms with van der Waals surface area (Å²) in [5.74, 6) is 1.81. The SMILES string of the molecule is CCCCC(CC)CN(C)C1CCC(N(C)CC(CC)CCCC)CC1. The van der Waals surface area contributed by atoms with Crippen LogP contribution in [0.4, 0.5) is 0 Å². The summed E-state index contributed by atoms with van der Waals surface area (Å²) in [6, 6.07) is 1.66. The Hall–Kier alpha value is -0.0800. The first-order valence-corrected chi connectivity index (χ1v) is 12.0. The van der Waals surface area contributed by atoms with Gasteiger partial charge in [-0.2, -0.15) is 0 Å².